The van der Waals surface area contributed by atoms with E-state index in [4.69, 9.17) is 5.11 Å². The van der Waals surface area contributed by atoms with Crippen molar-refractivity contribution in [3.8, 4) is 0 Å². The molecule has 3 heteroatoms. The first kappa shape index (κ1) is 22.6. The van der Waals surface area contributed by atoms with Gasteiger partial charge < -0.3 is 10.0 Å². The molecule has 1 fully saturated rings. The van der Waals surface area contributed by atoms with Crippen LogP contribution in [0.5, 0.6) is 0 Å². The first-order valence-electron chi connectivity index (χ1n) is 11.8. The molecule has 0 atom stereocenters. The molecule has 0 unspecified atom stereocenters. The Hall–Kier alpha value is -3.59. The van der Waals surface area contributed by atoms with E-state index in [-0.39, 0.29) is 0 Å². The number of hydrogen-bond acceptors (Lipinski definition) is 2. The number of carboxylic acid groups (broad SMARTS) is 1. The van der Waals surface area contributed by atoms with Crippen molar-refractivity contribution in [3.05, 3.63) is 107 Å². The Morgan fingerprint density at radius 3 is 2.00 bits per heavy atom. The smallest absolute Gasteiger partial charge is 0.328 e. The molecule has 0 aliphatic carbocycles. The van der Waals surface area contributed by atoms with Crippen LogP contribution in [0.2, 0.25) is 0 Å². The van der Waals surface area contributed by atoms with Crippen molar-refractivity contribution in [1.29, 1.82) is 0 Å². The van der Waals surface area contributed by atoms with Gasteiger partial charge in [-0.05, 0) is 77.3 Å². The number of carbonyl (C=O) groups is 1. The molecule has 0 bridgehead atoms. The highest BCUT2D eigenvalue weighted by Gasteiger charge is 2.15. The maximum atomic E-state index is 10.9. The number of rotatable bonds is 7. The van der Waals surface area contributed by atoms with Crippen LogP contribution in [0.25, 0.3) is 17.2 Å². The number of carboxylic acids is 1. The minimum absolute atomic E-state index is 0.874. The van der Waals surface area contributed by atoms with Crippen LogP contribution in [-0.2, 0) is 4.79 Å². The van der Waals surface area contributed by atoms with Crippen molar-refractivity contribution in [1.82, 2.24) is 0 Å². The molecular weight excluding hydrogens is 406 g/mol. The van der Waals surface area contributed by atoms with Crippen LogP contribution in [-0.4, -0.2) is 24.2 Å². The summed E-state index contributed by atoms with van der Waals surface area (Å²) in [5.74, 6) is -0.939. The van der Waals surface area contributed by atoms with Gasteiger partial charge in [0.25, 0.3) is 0 Å². The second kappa shape index (κ2) is 10.8. The lowest BCUT2D eigenvalue weighted by molar-refractivity contribution is -0.131. The molecular formula is C30H31NO2. The fourth-order valence-electron chi connectivity index (χ4n) is 4.60. The Balaban J connectivity index is 1.76. The van der Waals surface area contributed by atoms with Gasteiger partial charge in [-0.25, -0.2) is 4.79 Å². The van der Waals surface area contributed by atoms with Crippen molar-refractivity contribution in [2.45, 2.75) is 32.6 Å². The second-order valence-electron chi connectivity index (χ2n) is 8.46. The third-order valence-electron chi connectivity index (χ3n) is 6.27. The number of anilines is 1. The summed E-state index contributed by atoms with van der Waals surface area (Å²) in [4.78, 5) is 13.3. The Bertz CT molecular complexity index is 1120. The fourth-order valence-corrected chi connectivity index (χ4v) is 4.60. The van der Waals surface area contributed by atoms with Crippen LogP contribution in [0.3, 0.4) is 0 Å². The summed E-state index contributed by atoms with van der Waals surface area (Å²) in [6.45, 7) is 4.48. The number of benzene rings is 3. The van der Waals surface area contributed by atoms with E-state index in [9.17, 15) is 4.79 Å². The van der Waals surface area contributed by atoms with Crippen LogP contribution in [0, 0.1) is 0 Å². The molecule has 1 N–H and O–H groups in total. The highest BCUT2D eigenvalue weighted by atomic mass is 16.4. The molecule has 3 aromatic carbocycles. The number of hydrogen-bond donors (Lipinski definition) is 1. The second-order valence-corrected chi connectivity index (χ2v) is 8.46. The molecule has 3 nitrogen and oxygen atoms in total. The standard InChI is InChI=1S/C30H31NO2/c1-2-28(24-9-5-3-6-10-24)30(25-14-11-23(12-15-25)13-20-29(32)33)26-16-18-27(19-17-26)31-21-7-4-8-22-31/h3,5-6,9-20H,2,4,7-8,21-22H2,1H3,(H,32,33). The number of aliphatic carboxylic acids is 1. The molecule has 168 valence electrons. The zero-order valence-electron chi connectivity index (χ0n) is 19.2. The molecule has 0 radical (unpaired) electrons. The van der Waals surface area contributed by atoms with Crippen molar-refractivity contribution in [3.63, 3.8) is 0 Å². The van der Waals surface area contributed by atoms with E-state index in [2.05, 4.69) is 72.5 Å². The summed E-state index contributed by atoms with van der Waals surface area (Å²) in [6, 6.07) is 27.7. The van der Waals surface area contributed by atoms with Gasteiger partial charge in [-0.15, -0.1) is 0 Å². The number of allylic oxidation sites excluding steroid dienone is 1. The van der Waals surface area contributed by atoms with Crippen LogP contribution >= 0.6 is 0 Å². The third-order valence-corrected chi connectivity index (χ3v) is 6.27. The van der Waals surface area contributed by atoms with Crippen LogP contribution in [0.15, 0.2) is 84.9 Å². The van der Waals surface area contributed by atoms with Gasteiger partial charge in [0.1, 0.15) is 0 Å². The first-order chi connectivity index (χ1) is 16.2. The van der Waals surface area contributed by atoms with E-state index in [1.165, 1.54) is 53.3 Å². The SMILES string of the molecule is CCC(=C(c1ccc(C=CC(=O)O)cc1)c1ccc(N2CCCCC2)cc1)c1ccccc1. The topological polar surface area (TPSA) is 40.5 Å². The Morgan fingerprint density at radius 1 is 0.818 bits per heavy atom. The highest BCUT2D eigenvalue weighted by Crippen LogP contribution is 2.35. The predicted molar refractivity (Wildman–Crippen MR) is 138 cm³/mol. The predicted octanol–water partition coefficient (Wildman–Crippen LogP) is 7.14. The molecule has 4 rings (SSSR count). The summed E-state index contributed by atoms with van der Waals surface area (Å²) in [5, 5.41) is 8.92. The van der Waals surface area contributed by atoms with E-state index >= 15 is 0 Å². The van der Waals surface area contributed by atoms with Gasteiger partial charge in [0.05, 0.1) is 0 Å². The summed E-state index contributed by atoms with van der Waals surface area (Å²) in [5.41, 5.74) is 8.25. The first-order valence-corrected chi connectivity index (χ1v) is 11.8. The average Bonchev–Trinajstić information content (AvgIpc) is 2.87. The number of piperidine rings is 1. The van der Waals surface area contributed by atoms with E-state index < -0.39 is 5.97 Å². The lowest BCUT2D eigenvalue weighted by Gasteiger charge is -2.29. The monoisotopic (exact) mass is 437 g/mol. The van der Waals surface area contributed by atoms with Crippen LogP contribution in [0.4, 0.5) is 5.69 Å². The Labute approximate surface area is 196 Å². The molecule has 0 amide bonds. The minimum Gasteiger partial charge on any atom is -0.478 e. The Morgan fingerprint density at radius 2 is 1.42 bits per heavy atom. The molecule has 1 saturated heterocycles. The quantitative estimate of drug-likeness (QED) is 0.315. The summed E-state index contributed by atoms with van der Waals surface area (Å²) in [6.07, 6.45) is 7.57. The molecule has 1 aliphatic heterocycles. The summed E-state index contributed by atoms with van der Waals surface area (Å²) in [7, 11) is 0. The lowest BCUT2D eigenvalue weighted by Crippen LogP contribution is -2.29. The molecule has 33 heavy (non-hydrogen) atoms. The fraction of sp³-hybridized carbons (Fsp3) is 0.233. The van der Waals surface area contributed by atoms with Gasteiger partial charge in [-0.1, -0.05) is 73.7 Å². The van der Waals surface area contributed by atoms with Crippen LogP contribution in [0.1, 0.15) is 54.9 Å². The van der Waals surface area contributed by atoms with E-state index in [0.717, 1.165) is 30.6 Å². The molecule has 1 heterocycles. The van der Waals surface area contributed by atoms with Gasteiger partial charge >= 0.3 is 5.97 Å². The van der Waals surface area contributed by atoms with Crippen molar-refractivity contribution >= 4 is 28.9 Å². The largest absolute Gasteiger partial charge is 0.478 e. The average molecular weight is 438 g/mol. The van der Waals surface area contributed by atoms with E-state index in [1.807, 2.05) is 18.2 Å². The summed E-state index contributed by atoms with van der Waals surface area (Å²) < 4.78 is 0. The van der Waals surface area contributed by atoms with Gasteiger partial charge in [0.15, 0.2) is 0 Å². The normalized spacial score (nSPS) is 14.9. The maximum absolute atomic E-state index is 10.9. The minimum atomic E-state index is -0.939. The van der Waals surface area contributed by atoms with Gasteiger partial charge in [0.2, 0.25) is 0 Å². The molecule has 1 aliphatic rings. The van der Waals surface area contributed by atoms with Gasteiger partial charge in [-0.2, -0.15) is 0 Å². The lowest BCUT2D eigenvalue weighted by atomic mass is 9.88. The molecule has 0 saturated carbocycles. The summed E-state index contributed by atoms with van der Waals surface area (Å²) >= 11 is 0. The van der Waals surface area contributed by atoms with Gasteiger partial charge in [-0.3, -0.25) is 0 Å². The highest BCUT2D eigenvalue weighted by molar-refractivity contribution is 5.99. The van der Waals surface area contributed by atoms with E-state index in [1.54, 1.807) is 6.08 Å². The van der Waals surface area contributed by atoms with Crippen LogP contribution < -0.4 is 4.90 Å². The zero-order valence-corrected chi connectivity index (χ0v) is 19.2. The van der Waals surface area contributed by atoms with Crippen molar-refractivity contribution in [2.75, 3.05) is 18.0 Å². The maximum Gasteiger partial charge on any atom is 0.328 e. The van der Waals surface area contributed by atoms with E-state index in [0.29, 0.717) is 0 Å². The molecule has 3 aromatic rings. The zero-order chi connectivity index (χ0) is 23.0. The molecule has 0 spiro atoms. The van der Waals surface area contributed by atoms with Gasteiger partial charge in [0, 0.05) is 24.9 Å². The third kappa shape index (κ3) is 5.61. The molecule has 0 aromatic heterocycles. The number of nitrogens with zero attached hydrogens (tertiary/aromatic N) is 1. The van der Waals surface area contributed by atoms with Crippen molar-refractivity contribution in [2.24, 2.45) is 0 Å². The Kier molecular flexibility index (Phi) is 7.41. The van der Waals surface area contributed by atoms with Crippen molar-refractivity contribution < 1.29 is 9.90 Å².